The molecule has 0 aliphatic carbocycles. The lowest BCUT2D eigenvalue weighted by Crippen LogP contribution is -2.50. The maximum Gasteiger partial charge on any atom is 0.241 e. The number of likely N-dealkylation sites (tertiary alicyclic amines) is 1. The molecule has 0 radical (unpaired) electrons. The van der Waals surface area contributed by atoms with Crippen LogP contribution in [0.3, 0.4) is 0 Å². The van der Waals surface area contributed by atoms with Crippen molar-refractivity contribution in [2.24, 2.45) is 11.7 Å². The second kappa shape index (κ2) is 7.93. The second-order valence-corrected chi connectivity index (χ2v) is 5.74. The van der Waals surface area contributed by atoms with Gasteiger partial charge in [0.05, 0.1) is 19.8 Å². The molecule has 6 heteroatoms. The lowest BCUT2D eigenvalue weighted by atomic mass is 9.95. The number of carbonyl (C=O) groups excluding carboxylic acids is 1. The summed E-state index contributed by atoms with van der Waals surface area (Å²) >= 11 is 0. The topological polar surface area (TPSA) is 68.0 Å². The van der Waals surface area contributed by atoms with Gasteiger partial charge in [-0.15, -0.1) is 0 Å². The van der Waals surface area contributed by atoms with Crippen molar-refractivity contribution in [1.29, 1.82) is 0 Å². The van der Waals surface area contributed by atoms with Crippen LogP contribution in [0, 0.1) is 5.92 Å². The predicted molar refractivity (Wildman–Crippen MR) is 76.4 cm³/mol. The first-order valence-electron chi connectivity index (χ1n) is 7.54. The van der Waals surface area contributed by atoms with Crippen molar-refractivity contribution in [1.82, 2.24) is 9.80 Å². The minimum atomic E-state index is -0.518. The Balaban J connectivity index is 1.70. The molecule has 0 bridgehead atoms. The third-order valence-corrected chi connectivity index (χ3v) is 4.21. The molecule has 0 saturated carbocycles. The van der Waals surface area contributed by atoms with Gasteiger partial charge >= 0.3 is 0 Å². The molecule has 2 N–H and O–H groups in total. The van der Waals surface area contributed by atoms with Crippen LogP contribution in [-0.2, 0) is 14.3 Å². The smallest absolute Gasteiger partial charge is 0.241 e. The molecule has 116 valence electrons. The molecular formula is C14H27N3O3. The number of amides is 1. The zero-order valence-corrected chi connectivity index (χ0v) is 12.4. The summed E-state index contributed by atoms with van der Waals surface area (Å²) < 4.78 is 10.3. The molecule has 0 aromatic carbocycles. The third kappa shape index (κ3) is 4.41. The van der Waals surface area contributed by atoms with Crippen LogP contribution in [0.1, 0.15) is 12.8 Å². The molecule has 1 unspecified atom stereocenters. The third-order valence-electron chi connectivity index (χ3n) is 4.21. The van der Waals surface area contributed by atoms with Crippen LogP contribution in [0.25, 0.3) is 0 Å². The molecule has 2 fully saturated rings. The van der Waals surface area contributed by atoms with Crippen LogP contribution < -0.4 is 5.73 Å². The van der Waals surface area contributed by atoms with Gasteiger partial charge in [-0.25, -0.2) is 0 Å². The number of methoxy groups -OCH3 is 1. The van der Waals surface area contributed by atoms with Gasteiger partial charge in [0.2, 0.25) is 5.91 Å². The molecule has 2 aliphatic rings. The second-order valence-electron chi connectivity index (χ2n) is 5.74. The van der Waals surface area contributed by atoms with E-state index in [1.165, 1.54) is 0 Å². The molecule has 2 rings (SSSR count). The zero-order chi connectivity index (χ0) is 14.4. The van der Waals surface area contributed by atoms with Crippen molar-refractivity contribution < 1.29 is 14.3 Å². The Kier molecular flexibility index (Phi) is 6.22. The average Bonchev–Trinajstić information content (AvgIpc) is 2.48. The first-order chi connectivity index (χ1) is 9.70. The van der Waals surface area contributed by atoms with E-state index in [1.54, 1.807) is 7.11 Å². The molecule has 2 aliphatic heterocycles. The lowest BCUT2D eigenvalue weighted by Gasteiger charge is -2.36. The Bertz CT molecular complexity index is 300. The van der Waals surface area contributed by atoms with Gasteiger partial charge in [0.25, 0.3) is 0 Å². The van der Waals surface area contributed by atoms with Crippen molar-refractivity contribution in [3.63, 3.8) is 0 Å². The highest BCUT2D eigenvalue weighted by Gasteiger charge is 2.27. The minimum Gasteiger partial charge on any atom is -0.383 e. The summed E-state index contributed by atoms with van der Waals surface area (Å²) in [7, 11) is 1.57. The number of hydrogen-bond donors (Lipinski definition) is 1. The molecule has 1 atom stereocenters. The summed E-state index contributed by atoms with van der Waals surface area (Å²) in [6, 6.07) is -0.518. The van der Waals surface area contributed by atoms with Gasteiger partial charge in [0, 0.05) is 39.8 Å². The predicted octanol–water partition coefficient (Wildman–Crippen LogP) is -0.469. The van der Waals surface area contributed by atoms with Crippen LogP contribution >= 0.6 is 0 Å². The normalized spacial score (nSPS) is 23.8. The fourth-order valence-corrected chi connectivity index (χ4v) is 2.97. The van der Waals surface area contributed by atoms with Crippen LogP contribution in [-0.4, -0.2) is 81.4 Å². The summed E-state index contributed by atoms with van der Waals surface area (Å²) in [4.78, 5) is 16.4. The molecule has 0 aromatic heterocycles. The van der Waals surface area contributed by atoms with Crippen molar-refractivity contribution >= 4 is 5.91 Å². The standard InChI is InChI=1S/C14H27N3O3/c1-19-11-13(15)14(18)17-4-2-12(3-5-17)10-16-6-8-20-9-7-16/h12-13H,2-11,15H2,1H3. The molecule has 2 saturated heterocycles. The fourth-order valence-electron chi connectivity index (χ4n) is 2.97. The van der Waals surface area contributed by atoms with Gasteiger partial charge in [-0.2, -0.15) is 0 Å². The van der Waals surface area contributed by atoms with E-state index in [0.717, 1.165) is 58.8 Å². The van der Waals surface area contributed by atoms with Crippen molar-refractivity contribution in [2.45, 2.75) is 18.9 Å². The first-order valence-corrected chi connectivity index (χ1v) is 7.54. The Morgan fingerprint density at radius 1 is 1.30 bits per heavy atom. The van der Waals surface area contributed by atoms with E-state index in [0.29, 0.717) is 12.5 Å². The zero-order valence-electron chi connectivity index (χ0n) is 12.4. The molecule has 0 aromatic rings. The number of nitrogens with two attached hydrogens (primary N) is 1. The summed E-state index contributed by atoms with van der Waals surface area (Å²) in [6.07, 6.45) is 2.14. The number of piperidine rings is 1. The van der Waals surface area contributed by atoms with Crippen molar-refractivity contribution in [3.05, 3.63) is 0 Å². The van der Waals surface area contributed by atoms with Crippen molar-refractivity contribution in [3.8, 4) is 0 Å². The van der Waals surface area contributed by atoms with Crippen LogP contribution in [0.2, 0.25) is 0 Å². The molecule has 20 heavy (non-hydrogen) atoms. The highest BCUT2D eigenvalue weighted by molar-refractivity contribution is 5.81. The number of morpholine rings is 1. The highest BCUT2D eigenvalue weighted by Crippen LogP contribution is 2.19. The van der Waals surface area contributed by atoms with Gasteiger partial charge in [-0.3, -0.25) is 9.69 Å². The summed E-state index contributed by atoms with van der Waals surface area (Å²) in [5, 5.41) is 0. The molecule has 2 heterocycles. The first kappa shape index (κ1) is 15.7. The fraction of sp³-hybridized carbons (Fsp3) is 0.929. The van der Waals surface area contributed by atoms with E-state index in [4.69, 9.17) is 15.2 Å². The molecule has 0 spiro atoms. The van der Waals surface area contributed by atoms with E-state index in [-0.39, 0.29) is 5.91 Å². The molecule has 6 nitrogen and oxygen atoms in total. The number of ether oxygens (including phenoxy) is 2. The number of carbonyl (C=O) groups is 1. The maximum absolute atomic E-state index is 12.1. The van der Waals surface area contributed by atoms with E-state index < -0.39 is 6.04 Å². The van der Waals surface area contributed by atoms with Gasteiger partial charge in [0.1, 0.15) is 6.04 Å². The quantitative estimate of drug-likeness (QED) is 0.740. The summed E-state index contributed by atoms with van der Waals surface area (Å²) in [6.45, 7) is 6.86. The van der Waals surface area contributed by atoms with Gasteiger partial charge in [-0.05, 0) is 18.8 Å². The summed E-state index contributed by atoms with van der Waals surface area (Å²) in [5.74, 6) is 0.715. The Hall–Kier alpha value is -0.690. The SMILES string of the molecule is COCC(N)C(=O)N1CCC(CN2CCOCC2)CC1. The van der Waals surface area contributed by atoms with E-state index >= 15 is 0 Å². The Morgan fingerprint density at radius 2 is 1.95 bits per heavy atom. The van der Waals surface area contributed by atoms with Crippen LogP contribution in [0.15, 0.2) is 0 Å². The number of rotatable bonds is 5. The van der Waals surface area contributed by atoms with E-state index in [1.807, 2.05) is 4.90 Å². The monoisotopic (exact) mass is 285 g/mol. The average molecular weight is 285 g/mol. The van der Waals surface area contributed by atoms with Crippen LogP contribution in [0.4, 0.5) is 0 Å². The largest absolute Gasteiger partial charge is 0.383 e. The lowest BCUT2D eigenvalue weighted by molar-refractivity contribution is -0.135. The van der Waals surface area contributed by atoms with E-state index in [2.05, 4.69) is 4.90 Å². The Labute approximate surface area is 121 Å². The number of nitrogens with zero attached hydrogens (tertiary/aromatic N) is 2. The highest BCUT2D eigenvalue weighted by atomic mass is 16.5. The number of hydrogen-bond acceptors (Lipinski definition) is 5. The van der Waals surface area contributed by atoms with Crippen molar-refractivity contribution in [2.75, 3.05) is 59.7 Å². The van der Waals surface area contributed by atoms with Crippen LogP contribution in [0.5, 0.6) is 0 Å². The van der Waals surface area contributed by atoms with Gasteiger partial charge < -0.3 is 20.1 Å². The maximum atomic E-state index is 12.1. The van der Waals surface area contributed by atoms with Gasteiger partial charge in [-0.1, -0.05) is 0 Å². The minimum absolute atomic E-state index is 0.0247. The molecule has 1 amide bonds. The summed E-state index contributed by atoms with van der Waals surface area (Å²) in [5.41, 5.74) is 5.80. The van der Waals surface area contributed by atoms with Gasteiger partial charge in [0.15, 0.2) is 0 Å². The molecular weight excluding hydrogens is 258 g/mol. The van der Waals surface area contributed by atoms with E-state index in [9.17, 15) is 4.79 Å². The Morgan fingerprint density at radius 3 is 2.55 bits per heavy atom.